The minimum Gasteiger partial charge on any atom is -0.366 e. The maximum atomic E-state index is 5.86. The summed E-state index contributed by atoms with van der Waals surface area (Å²) in [6, 6.07) is 15.4. The van der Waals surface area contributed by atoms with Crippen LogP contribution in [0.5, 0.6) is 0 Å². The molecule has 0 amide bonds. The quantitative estimate of drug-likeness (QED) is 0.711. The predicted molar refractivity (Wildman–Crippen MR) is 79.3 cm³/mol. The van der Waals surface area contributed by atoms with Gasteiger partial charge in [0.25, 0.3) is 0 Å². The van der Waals surface area contributed by atoms with Gasteiger partial charge in [0.1, 0.15) is 23.7 Å². The zero-order chi connectivity index (χ0) is 12.5. The van der Waals surface area contributed by atoms with Crippen molar-refractivity contribution in [3.63, 3.8) is 0 Å². The molecule has 0 saturated carbocycles. The second-order valence-corrected chi connectivity index (χ2v) is 7.15. The van der Waals surface area contributed by atoms with E-state index in [2.05, 4.69) is 56.3 Å². The van der Waals surface area contributed by atoms with Gasteiger partial charge in [-0.15, -0.1) is 0 Å². The maximum Gasteiger partial charge on any atom is 0.162 e. The molecule has 3 rings (SSSR count). The normalized spacial score (nSPS) is 28.4. The number of ether oxygens (including phenoxy) is 1. The van der Waals surface area contributed by atoms with Crippen molar-refractivity contribution in [1.82, 2.24) is 0 Å². The molecule has 0 N–H and O–H groups in total. The Kier molecular flexibility index (Phi) is 3.31. The Morgan fingerprint density at radius 2 is 1.61 bits per heavy atom. The van der Waals surface area contributed by atoms with Gasteiger partial charge in [-0.05, 0) is 31.4 Å². The van der Waals surface area contributed by atoms with Gasteiger partial charge in [0.2, 0.25) is 0 Å². The lowest BCUT2D eigenvalue weighted by Gasteiger charge is -2.25. The first kappa shape index (κ1) is 12.1. The van der Waals surface area contributed by atoms with Gasteiger partial charge in [0.05, 0.1) is 0 Å². The van der Waals surface area contributed by atoms with Gasteiger partial charge in [-0.2, -0.15) is 0 Å². The molecule has 1 saturated heterocycles. The molecule has 2 atom stereocenters. The molecule has 0 bridgehead atoms. The third-order valence-corrected chi connectivity index (χ3v) is 6.12. The zero-order valence-electron chi connectivity index (χ0n) is 10.9. The van der Waals surface area contributed by atoms with Gasteiger partial charge in [-0.25, -0.2) is 0 Å². The lowest BCUT2D eigenvalue weighted by molar-refractivity contribution is 0.0279. The van der Waals surface area contributed by atoms with E-state index in [0.29, 0.717) is 23.1 Å². The number of hydrogen-bond acceptors (Lipinski definition) is 1. The van der Waals surface area contributed by atoms with E-state index < -0.39 is 0 Å². The second kappa shape index (κ2) is 4.94. The summed E-state index contributed by atoms with van der Waals surface area (Å²) >= 11 is 0. The fourth-order valence-electron chi connectivity index (χ4n) is 2.74. The van der Waals surface area contributed by atoms with Crippen molar-refractivity contribution in [2.45, 2.75) is 31.0 Å². The maximum absolute atomic E-state index is 5.86. The highest BCUT2D eigenvalue weighted by molar-refractivity contribution is 7.97. The predicted octanol–water partition coefficient (Wildman–Crippen LogP) is 3.62. The molecule has 1 nitrogen and oxygen atoms in total. The van der Waals surface area contributed by atoms with E-state index >= 15 is 0 Å². The minimum absolute atomic E-state index is 0.332. The lowest BCUT2D eigenvalue weighted by Crippen LogP contribution is -2.38. The van der Waals surface area contributed by atoms with Crippen LogP contribution in [-0.2, 0) is 15.6 Å². The molecule has 2 heteroatoms. The first-order valence-corrected chi connectivity index (χ1v) is 8.11. The Labute approximate surface area is 112 Å². The van der Waals surface area contributed by atoms with Crippen molar-refractivity contribution in [2.24, 2.45) is 0 Å². The van der Waals surface area contributed by atoms with E-state index in [9.17, 15) is 0 Å². The molecule has 1 fully saturated rings. The summed E-state index contributed by atoms with van der Waals surface area (Å²) in [5.74, 6) is 2.33. The molecule has 0 spiro atoms. The zero-order valence-corrected chi connectivity index (χ0v) is 11.7. The van der Waals surface area contributed by atoms with Gasteiger partial charge in [0.15, 0.2) is 4.90 Å². The third kappa shape index (κ3) is 2.27. The molecular weight excluding hydrogens is 240 g/mol. The summed E-state index contributed by atoms with van der Waals surface area (Å²) < 4.78 is 5.86. The van der Waals surface area contributed by atoms with Gasteiger partial charge < -0.3 is 4.74 Å². The first-order chi connectivity index (χ1) is 8.74. The molecule has 2 aromatic rings. The molecule has 2 aromatic carbocycles. The van der Waals surface area contributed by atoms with Crippen molar-refractivity contribution in [3.05, 3.63) is 42.5 Å². The molecule has 1 aliphatic heterocycles. The first-order valence-electron chi connectivity index (χ1n) is 6.55. The van der Waals surface area contributed by atoms with Crippen molar-refractivity contribution < 1.29 is 4.74 Å². The van der Waals surface area contributed by atoms with Crippen LogP contribution in [0.15, 0.2) is 47.4 Å². The lowest BCUT2D eigenvalue weighted by atomic mass is 10.1. The third-order valence-electron chi connectivity index (χ3n) is 3.40. The highest BCUT2D eigenvalue weighted by atomic mass is 32.2. The average Bonchev–Trinajstić information content (AvgIpc) is 2.37. The van der Waals surface area contributed by atoms with E-state index in [1.54, 1.807) is 0 Å². The molecule has 0 aliphatic carbocycles. The van der Waals surface area contributed by atoms with Crippen LogP contribution in [0, 0.1) is 0 Å². The van der Waals surface area contributed by atoms with Crippen molar-refractivity contribution in [2.75, 3.05) is 11.5 Å². The molecule has 0 radical (unpaired) electrons. The van der Waals surface area contributed by atoms with Crippen LogP contribution in [0.25, 0.3) is 10.8 Å². The molecular formula is C16H19OS+. The minimum atomic E-state index is 0.332. The highest BCUT2D eigenvalue weighted by Gasteiger charge is 2.34. The fourth-order valence-corrected chi connectivity index (χ4v) is 5.29. The van der Waals surface area contributed by atoms with Crippen LogP contribution in [0.2, 0.25) is 0 Å². The summed E-state index contributed by atoms with van der Waals surface area (Å²) in [6.07, 6.45) is 0.770. The Bertz CT molecular complexity index is 536. The van der Waals surface area contributed by atoms with E-state index in [1.807, 2.05) is 0 Å². The Balaban J connectivity index is 2.03. The Morgan fingerprint density at radius 3 is 2.39 bits per heavy atom. The van der Waals surface area contributed by atoms with E-state index in [1.165, 1.54) is 27.2 Å². The second-order valence-electron chi connectivity index (χ2n) is 5.06. The van der Waals surface area contributed by atoms with Crippen LogP contribution in [0.4, 0.5) is 0 Å². The fraction of sp³-hybridized carbons (Fsp3) is 0.375. The van der Waals surface area contributed by atoms with Crippen LogP contribution >= 0.6 is 0 Å². The summed E-state index contributed by atoms with van der Waals surface area (Å²) in [5, 5.41) is 2.78. The molecule has 2 unspecified atom stereocenters. The summed E-state index contributed by atoms with van der Waals surface area (Å²) in [7, 11) is 0.332. The van der Waals surface area contributed by atoms with E-state index in [-0.39, 0.29) is 0 Å². The van der Waals surface area contributed by atoms with Crippen molar-refractivity contribution >= 4 is 21.7 Å². The van der Waals surface area contributed by atoms with E-state index in [0.717, 1.165) is 0 Å². The molecule has 0 aromatic heterocycles. The molecule has 1 aliphatic rings. The number of benzene rings is 2. The molecule has 1 heterocycles. The van der Waals surface area contributed by atoms with Crippen LogP contribution in [-0.4, -0.2) is 23.7 Å². The number of hydrogen-bond donors (Lipinski definition) is 0. The van der Waals surface area contributed by atoms with Crippen molar-refractivity contribution in [1.29, 1.82) is 0 Å². The smallest absolute Gasteiger partial charge is 0.162 e. The monoisotopic (exact) mass is 259 g/mol. The average molecular weight is 259 g/mol. The van der Waals surface area contributed by atoms with Gasteiger partial charge in [-0.1, -0.05) is 30.3 Å². The van der Waals surface area contributed by atoms with E-state index in [4.69, 9.17) is 4.74 Å². The Morgan fingerprint density at radius 1 is 0.944 bits per heavy atom. The van der Waals surface area contributed by atoms with Crippen LogP contribution < -0.4 is 0 Å². The molecule has 18 heavy (non-hydrogen) atoms. The number of fused-ring (bicyclic) bond motifs is 1. The number of rotatable bonds is 1. The standard InChI is InChI=1S/C16H19OS/c1-12-10-18(11-13(2)17-12)16-9-5-7-14-6-3-4-8-15(14)16/h3-9,12-13H,10-11H2,1-2H3/q+1. The van der Waals surface area contributed by atoms with Gasteiger partial charge >= 0.3 is 0 Å². The highest BCUT2D eigenvalue weighted by Crippen LogP contribution is 2.29. The van der Waals surface area contributed by atoms with Crippen LogP contribution in [0.3, 0.4) is 0 Å². The summed E-state index contributed by atoms with van der Waals surface area (Å²) in [5.41, 5.74) is 0. The SMILES string of the molecule is CC1C[S+](c2cccc3ccccc23)CC(C)O1. The van der Waals surface area contributed by atoms with Gasteiger partial charge in [0, 0.05) is 16.3 Å². The van der Waals surface area contributed by atoms with Crippen LogP contribution in [0.1, 0.15) is 13.8 Å². The van der Waals surface area contributed by atoms with Crippen molar-refractivity contribution in [3.8, 4) is 0 Å². The topological polar surface area (TPSA) is 9.23 Å². The molecule has 94 valence electrons. The summed E-state index contributed by atoms with van der Waals surface area (Å²) in [6.45, 7) is 4.39. The summed E-state index contributed by atoms with van der Waals surface area (Å²) in [4.78, 5) is 1.52. The van der Waals surface area contributed by atoms with Gasteiger partial charge in [-0.3, -0.25) is 0 Å². The largest absolute Gasteiger partial charge is 0.366 e. The Hall–Kier alpha value is -0.990.